The smallest absolute Gasteiger partial charge is 0.234 e. The Labute approximate surface area is 108 Å². The number of hydrogen-bond acceptors (Lipinski definition) is 3. The van der Waals surface area contributed by atoms with Crippen LogP contribution in [-0.4, -0.2) is 16.9 Å². The Hall–Kier alpha value is -1.42. The van der Waals surface area contributed by atoms with Crippen LogP contribution < -0.4 is 11.1 Å². The first-order valence-electron chi connectivity index (χ1n) is 6.69. The summed E-state index contributed by atoms with van der Waals surface area (Å²) >= 11 is 0. The Bertz CT molecular complexity index is 374. The molecule has 1 aliphatic carbocycles. The minimum Gasteiger partial charge on any atom is -0.368 e. The van der Waals surface area contributed by atoms with E-state index in [4.69, 9.17) is 5.73 Å². The summed E-state index contributed by atoms with van der Waals surface area (Å²) in [6.07, 6.45) is 9.47. The van der Waals surface area contributed by atoms with E-state index in [0.29, 0.717) is 12.5 Å². The first kappa shape index (κ1) is 13.0. The molecule has 1 aliphatic rings. The fourth-order valence-corrected chi connectivity index (χ4v) is 2.70. The van der Waals surface area contributed by atoms with Crippen molar-refractivity contribution < 1.29 is 4.79 Å². The predicted octanol–water partition coefficient (Wildman–Crippen LogP) is 1.61. The molecule has 2 rings (SSSR count). The standard InChI is InChI=1S/C14H21N3O/c15-14(18)13(12-6-2-1-3-7-12)17-10-11-5-4-8-16-9-11/h4-5,8-9,12-13,17H,1-3,6-7,10H2,(H2,15,18). The van der Waals surface area contributed by atoms with Crippen LogP contribution in [0.4, 0.5) is 0 Å². The highest BCUT2D eigenvalue weighted by Gasteiger charge is 2.27. The quantitative estimate of drug-likeness (QED) is 0.830. The lowest BCUT2D eigenvalue weighted by atomic mass is 9.83. The zero-order valence-electron chi connectivity index (χ0n) is 10.6. The maximum atomic E-state index is 11.6. The number of hydrogen-bond donors (Lipinski definition) is 2. The minimum atomic E-state index is -0.231. The van der Waals surface area contributed by atoms with Gasteiger partial charge in [-0.05, 0) is 30.4 Å². The number of carbonyl (C=O) groups excluding carboxylic acids is 1. The van der Waals surface area contributed by atoms with Crippen LogP contribution in [0.3, 0.4) is 0 Å². The normalized spacial score (nSPS) is 18.4. The number of nitrogens with one attached hydrogen (secondary N) is 1. The van der Waals surface area contributed by atoms with E-state index < -0.39 is 0 Å². The van der Waals surface area contributed by atoms with Crippen molar-refractivity contribution in [2.24, 2.45) is 11.7 Å². The Morgan fingerprint density at radius 2 is 2.22 bits per heavy atom. The second-order valence-corrected chi connectivity index (χ2v) is 5.02. The number of rotatable bonds is 5. The fourth-order valence-electron chi connectivity index (χ4n) is 2.70. The lowest BCUT2D eigenvalue weighted by Gasteiger charge is -2.28. The van der Waals surface area contributed by atoms with Crippen molar-refractivity contribution in [3.8, 4) is 0 Å². The van der Waals surface area contributed by atoms with Crippen molar-refractivity contribution in [2.75, 3.05) is 0 Å². The number of amides is 1. The molecule has 1 aromatic heterocycles. The van der Waals surface area contributed by atoms with Gasteiger partial charge in [0.2, 0.25) is 5.91 Å². The molecular formula is C14H21N3O. The van der Waals surface area contributed by atoms with Crippen molar-refractivity contribution >= 4 is 5.91 Å². The van der Waals surface area contributed by atoms with Gasteiger partial charge in [-0.2, -0.15) is 0 Å². The van der Waals surface area contributed by atoms with Crippen LogP contribution in [0.1, 0.15) is 37.7 Å². The van der Waals surface area contributed by atoms with Crippen molar-refractivity contribution in [3.05, 3.63) is 30.1 Å². The van der Waals surface area contributed by atoms with E-state index in [-0.39, 0.29) is 11.9 Å². The third-order valence-corrected chi connectivity index (χ3v) is 3.68. The van der Waals surface area contributed by atoms with E-state index in [1.54, 1.807) is 6.20 Å². The lowest BCUT2D eigenvalue weighted by molar-refractivity contribution is -0.121. The van der Waals surface area contributed by atoms with Gasteiger partial charge in [0.05, 0.1) is 6.04 Å². The summed E-state index contributed by atoms with van der Waals surface area (Å²) in [6.45, 7) is 0.651. The molecule has 1 atom stereocenters. The van der Waals surface area contributed by atoms with E-state index >= 15 is 0 Å². The Morgan fingerprint density at radius 1 is 1.44 bits per heavy atom. The first-order valence-corrected chi connectivity index (χ1v) is 6.69. The van der Waals surface area contributed by atoms with Gasteiger partial charge in [0, 0.05) is 18.9 Å². The highest BCUT2D eigenvalue weighted by molar-refractivity contribution is 5.80. The van der Waals surface area contributed by atoms with Gasteiger partial charge in [0.15, 0.2) is 0 Å². The van der Waals surface area contributed by atoms with Crippen LogP contribution >= 0.6 is 0 Å². The molecule has 0 radical (unpaired) electrons. The monoisotopic (exact) mass is 247 g/mol. The number of nitrogens with two attached hydrogens (primary N) is 1. The van der Waals surface area contributed by atoms with E-state index in [2.05, 4.69) is 10.3 Å². The molecule has 1 heterocycles. The van der Waals surface area contributed by atoms with Crippen LogP contribution in [-0.2, 0) is 11.3 Å². The molecule has 3 N–H and O–H groups in total. The molecule has 1 unspecified atom stereocenters. The van der Waals surface area contributed by atoms with Crippen LogP contribution in [0.25, 0.3) is 0 Å². The average molecular weight is 247 g/mol. The summed E-state index contributed by atoms with van der Waals surface area (Å²) in [5.74, 6) is 0.165. The second kappa shape index (κ2) is 6.50. The van der Waals surface area contributed by atoms with Gasteiger partial charge in [0.25, 0.3) is 0 Å². The van der Waals surface area contributed by atoms with Crippen LogP contribution in [0, 0.1) is 5.92 Å². The zero-order valence-corrected chi connectivity index (χ0v) is 10.6. The predicted molar refractivity (Wildman–Crippen MR) is 70.6 cm³/mol. The molecule has 1 amide bonds. The van der Waals surface area contributed by atoms with Gasteiger partial charge >= 0.3 is 0 Å². The minimum absolute atomic E-state index is 0.203. The van der Waals surface area contributed by atoms with Crippen molar-refractivity contribution in [2.45, 2.75) is 44.7 Å². The maximum Gasteiger partial charge on any atom is 0.234 e. The first-order chi connectivity index (χ1) is 8.77. The molecule has 0 saturated heterocycles. The average Bonchev–Trinajstić information content (AvgIpc) is 2.41. The molecule has 1 saturated carbocycles. The highest BCUT2D eigenvalue weighted by atomic mass is 16.1. The lowest BCUT2D eigenvalue weighted by Crippen LogP contribution is -2.46. The second-order valence-electron chi connectivity index (χ2n) is 5.02. The van der Waals surface area contributed by atoms with Crippen LogP contribution in [0.15, 0.2) is 24.5 Å². The van der Waals surface area contributed by atoms with Gasteiger partial charge in [0.1, 0.15) is 0 Å². The molecule has 18 heavy (non-hydrogen) atoms. The van der Waals surface area contributed by atoms with E-state index in [0.717, 1.165) is 18.4 Å². The number of aromatic nitrogens is 1. The summed E-state index contributed by atoms with van der Waals surface area (Å²) in [6, 6.07) is 3.70. The zero-order chi connectivity index (χ0) is 12.8. The van der Waals surface area contributed by atoms with Crippen molar-refractivity contribution in [1.29, 1.82) is 0 Å². The summed E-state index contributed by atoms with van der Waals surface area (Å²) in [4.78, 5) is 15.6. The van der Waals surface area contributed by atoms with Gasteiger partial charge in [-0.15, -0.1) is 0 Å². The molecule has 0 aromatic carbocycles. The molecule has 0 bridgehead atoms. The molecule has 1 fully saturated rings. The number of primary amides is 1. The number of carbonyl (C=O) groups is 1. The largest absolute Gasteiger partial charge is 0.368 e. The molecule has 1 aromatic rings. The maximum absolute atomic E-state index is 11.6. The van der Waals surface area contributed by atoms with Gasteiger partial charge in [-0.1, -0.05) is 25.3 Å². The molecule has 4 heteroatoms. The van der Waals surface area contributed by atoms with E-state index in [1.807, 2.05) is 18.3 Å². The van der Waals surface area contributed by atoms with Gasteiger partial charge < -0.3 is 11.1 Å². The summed E-state index contributed by atoms with van der Waals surface area (Å²) < 4.78 is 0. The molecule has 0 spiro atoms. The molecule has 0 aliphatic heterocycles. The summed E-state index contributed by atoms with van der Waals surface area (Å²) in [5, 5.41) is 3.29. The fraction of sp³-hybridized carbons (Fsp3) is 0.571. The topological polar surface area (TPSA) is 68.0 Å². The van der Waals surface area contributed by atoms with Gasteiger partial charge in [-0.25, -0.2) is 0 Å². The van der Waals surface area contributed by atoms with E-state index in [9.17, 15) is 4.79 Å². The molecular weight excluding hydrogens is 226 g/mol. The van der Waals surface area contributed by atoms with Crippen LogP contribution in [0.2, 0.25) is 0 Å². The molecule has 98 valence electrons. The van der Waals surface area contributed by atoms with E-state index in [1.165, 1.54) is 19.3 Å². The number of nitrogens with zero attached hydrogens (tertiary/aromatic N) is 1. The Morgan fingerprint density at radius 3 is 2.83 bits per heavy atom. The third-order valence-electron chi connectivity index (χ3n) is 3.68. The Balaban J connectivity index is 1.92. The van der Waals surface area contributed by atoms with Gasteiger partial charge in [-0.3, -0.25) is 9.78 Å². The summed E-state index contributed by atoms with van der Waals surface area (Å²) in [5.41, 5.74) is 6.60. The molecule has 4 nitrogen and oxygen atoms in total. The third kappa shape index (κ3) is 3.53. The van der Waals surface area contributed by atoms with Crippen molar-refractivity contribution in [3.63, 3.8) is 0 Å². The van der Waals surface area contributed by atoms with Crippen molar-refractivity contribution in [1.82, 2.24) is 10.3 Å². The summed E-state index contributed by atoms with van der Waals surface area (Å²) in [7, 11) is 0. The highest BCUT2D eigenvalue weighted by Crippen LogP contribution is 2.26. The number of pyridine rings is 1. The Kier molecular flexibility index (Phi) is 4.70. The SMILES string of the molecule is NC(=O)C(NCc1cccnc1)C1CCCCC1. The van der Waals surface area contributed by atoms with Crippen LogP contribution in [0.5, 0.6) is 0 Å².